The molecule has 29 heavy (non-hydrogen) atoms. The van der Waals surface area contributed by atoms with Crippen LogP contribution < -0.4 is 5.32 Å². The molecule has 1 fully saturated rings. The summed E-state index contributed by atoms with van der Waals surface area (Å²) in [5.41, 5.74) is 2.64. The molecule has 7 nitrogen and oxygen atoms in total. The van der Waals surface area contributed by atoms with E-state index in [9.17, 15) is 14.0 Å². The number of aryl methyl sites for hydroxylation is 1. The SMILES string of the molecule is CCn1nnc2cc(C(=O)N3CCC(NC(=O)c4ccc(F)cc4)CC3)ccc21. The summed E-state index contributed by atoms with van der Waals surface area (Å²) >= 11 is 0. The highest BCUT2D eigenvalue weighted by molar-refractivity contribution is 5.97. The lowest BCUT2D eigenvalue weighted by Gasteiger charge is -2.32. The van der Waals surface area contributed by atoms with E-state index in [4.69, 9.17) is 0 Å². The van der Waals surface area contributed by atoms with Gasteiger partial charge in [0.05, 0.1) is 5.52 Å². The van der Waals surface area contributed by atoms with E-state index in [2.05, 4.69) is 15.6 Å². The van der Waals surface area contributed by atoms with E-state index in [1.54, 1.807) is 15.6 Å². The van der Waals surface area contributed by atoms with Gasteiger partial charge in [-0.2, -0.15) is 0 Å². The molecule has 150 valence electrons. The maximum Gasteiger partial charge on any atom is 0.253 e. The molecule has 0 atom stereocenters. The average molecular weight is 395 g/mol. The summed E-state index contributed by atoms with van der Waals surface area (Å²) in [4.78, 5) is 26.9. The fraction of sp³-hybridized carbons (Fsp3) is 0.333. The molecule has 2 amide bonds. The number of benzene rings is 2. The zero-order valence-electron chi connectivity index (χ0n) is 16.1. The summed E-state index contributed by atoms with van der Waals surface area (Å²) in [6.07, 6.45) is 1.35. The quantitative estimate of drug-likeness (QED) is 0.737. The first kappa shape index (κ1) is 19.0. The molecule has 2 aromatic carbocycles. The predicted octanol–water partition coefficient (Wildman–Crippen LogP) is 2.62. The molecule has 0 bridgehead atoms. The van der Waals surface area contributed by atoms with Crippen molar-refractivity contribution >= 4 is 22.8 Å². The minimum Gasteiger partial charge on any atom is -0.349 e. The first-order chi connectivity index (χ1) is 14.0. The summed E-state index contributed by atoms with van der Waals surface area (Å²) < 4.78 is 14.8. The highest BCUT2D eigenvalue weighted by atomic mass is 19.1. The number of nitrogens with one attached hydrogen (secondary N) is 1. The Bertz CT molecular complexity index is 1040. The van der Waals surface area contributed by atoms with Gasteiger partial charge in [0, 0.05) is 36.8 Å². The highest BCUT2D eigenvalue weighted by Crippen LogP contribution is 2.18. The monoisotopic (exact) mass is 395 g/mol. The van der Waals surface area contributed by atoms with Gasteiger partial charge in [-0.1, -0.05) is 5.21 Å². The van der Waals surface area contributed by atoms with Gasteiger partial charge in [-0.15, -0.1) is 5.10 Å². The van der Waals surface area contributed by atoms with Crippen molar-refractivity contribution < 1.29 is 14.0 Å². The number of rotatable bonds is 4. The van der Waals surface area contributed by atoms with Gasteiger partial charge in [0.25, 0.3) is 11.8 Å². The number of aromatic nitrogens is 3. The Morgan fingerprint density at radius 2 is 1.79 bits per heavy atom. The van der Waals surface area contributed by atoms with E-state index in [1.807, 2.05) is 19.1 Å². The van der Waals surface area contributed by atoms with Crippen molar-refractivity contribution in [1.82, 2.24) is 25.2 Å². The third kappa shape index (κ3) is 3.96. The second-order valence-electron chi connectivity index (χ2n) is 7.16. The normalized spacial score (nSPS) is 14.9. The van der Waals surface area contributed by atoms with Crippen LogP contribution >= 0.6 is 0 Å². The van der Waals surface area contributed by atoms with E-state index < -0.39 is 0 Å². The number of hydrogen-bond acceptors (Lipinski definition) is 4. The van der Waals surface area contributed by atoms with Gasteiger partial charge in [0.1, 0.15) is 11.3 Å². The van der Waals surface area contributed by atoms with Crippen molar-refractivity contribution in [2.75, 3.05) is 13.1 Å². The third-order valence-electron chi connectivity index (χ3n) is 5.28. The Kier molecular flexibility index (Phi) is 5.24. The van der Waals surface area contributed by atoms with Crippen LogP contribution in [0.2, 0.25) is 0 Å². The molecule has 0 spiro atoms. The number of amides is 2. The third-order valence-corrected chi connectivity index (χ3v) is 5.28. The van der Waals surface area contributed by atoms with Crippen LogP contribution in [0.1, 0.15) is 40.5 Å². The largest absolute Gasteiger partial charge is 0.349 e. The molecule has 1 aliphatic rings. The molecule has 0 aliphatic carbocycles. The molecule has 8 heteroatoms. The van der Waals surface area contributed by atoms with Crippen LogP contribution in [0.3, 0.4) is 0 Å². The van der Waals surface area contributed by atoms with E-state index in [1.165, 1.54) is 24.3 Å². The van der Waals surface area contributed by atoms with Gasteiger partial charge in [0.2, 0.25) is 0 Å². The summed E-state index contributed by atoms with van der Waals surface area (Å²) in [5, 5.41) is 11.2. The van der Waals surface area contributed by atoms with Gasteiger partial charge in [-0.05, 0) is 62.2 Å². The second kappa shape index (κ2) is 7.98. The topological polar surface area (TPSA) is 80.1 Å². The number of nitrogens with zero attached hydrogens (tertiary/aromatic N) is 4. The first-order valence-corrected chi connectivity index (χ1v) is 9.74. The minimum absolute atomic E-state index is 0.0106. The number of hydrogen-bond donors (Lipinski definition) is 1. The zero-order chi connectivity index (χ0) is 20.4. The lowest BCUT2D eigenvalue weighted by molar-refractivity contribution is 0.0698. The predicted molar refractivity (Wildman–Crippen MR) is 106 cm³/mol. The molecule has 0 saturated carbocycles. The molecular weight excluding hydrogens is 373 g/mol. The molecule has 4 rings (SSSR count). The van der Waals surface area contributed by atoms with Gasteiger partial charge < -0.3 is 10.2 Å². The fourth-order valence-corrected chi connectivity index (χ4v) is 3.62. The second-order valence-corrected chi connectivity index (χ2v) is 7.16. The van der Waals surface area contributed by atoms with Crippen LogP contribution in [0.5, 0.6) is 0 Å². The van der Waals surface area contributed by atoms with Crippen molar-refractivity contribution in [3.05, 3.63) is 59.4 Å². The van der Waals surface area contributed by atoms with Gasteiger partial charge >= 0.3 is 0 Å². The van der Waals surface area contributed by atoms with Crippen LogP contribution in [0.4, 0.5) is 4.39 Å². The van der Waals surface area contributed by atoms with Crippen LogP contribution in [0, 0.1) is 5.82 Å². The molecular formula is C21H22FN5O2. The zero-order valence-corrected chi connectivity index (χ0v) is 16.1. The minimum atomic E-state index is -0.371. The maximum atomic E-state index is 13.0. The molecule has 2 heterocycles. The lowest BCUT2D eigenvalue weighted by atomic mass is 10.0. The number of carbonyl (C=O) groups is 2. The Hall–Kier alpha value is -3.29. The Balaban J connectivity index is 1.36. The van der Waals surface area contributed by atoms with Crippen LogP contribution in [-0.2, 0) is 6.54 Å². The Morgan fingerprint density at radius 1 is 1.10 bits per heavy atom. The molecule has 1 N–H and O–H groups in total. The maximum absolute atomic E-state index is 13.0. The number of piperidine rings is 1. The Labute approximate surface area is 167 Å². The van der Waals surface area contributed by atoms with Crippen molar-refractivity contribution in [3.8, 4) is 0 Å². The molecule has 0 unspecified atom stereocenters. The van der Waals surface area contributed by atoms with Crippen LogP contribution in [0.25, 0.3) is 11.0 Å². The summed E-state index contributed by atoms with van der Waals surface area (Å²) in [6.45, 7) is 3.84. The summed E-state index contributed by atoms with van der Waals surface area (Å²) in [6, 6.07) is 10.9. The van der Waals surface area contributed by atoms with Crippen LogP contribution in [0.15, 0.2) is 42.5 Å². The summed E-state index contributed by atoms with van der Waals surface area (Å²) in [7, 11) is 0. The smallest absolute Gasteiger partial charge is 0.253 e. The van der Waals surface area contributed by atoms with E-state index >= 15 is 0 Å². The van der Waals surface area contributed by atoms with E-state index in [0.29, 0.717) is 42.6 Å². The summed E-state index contributed by atoms with van der Waals surface area (Å²) in [5.74, 6) is -0.635. The number of fused-ring (bicyclic) bond motifs is 1. The fourth-order valence-electron chi connectivity index (χ4n) is 3.62. The van der Waals surface area contributed by atoms with Gasteiger partial charge in [0.15, 0.2) is 0 Å². The standard InChI is InChI=1S/C21H22FN5O2/c1-2-27-19-8-5-15(13-18(19)24-25-27)21(29)26-11-9-17(10-12-26)23-20(28)14-3-6-16(22)7-4-14/h3-8,13,17H,2,9-12H2,1H3,(H,23,28). The van der Waals surface area contributed by atoms with E-state index in [0.717, 1.165) is 12.1 Å². The van der Waals surface area contributed by atoms with Gasteiger partial charge in [-0.25, -0.2) is 9.07 Å². The number of halogens is 1. The lowest BCUT2D eigenvalue weighted by Crippen LogP contribution is -2.46. The molecule has 1 aliphatic heterocycles. The van der Waals surface area contributed by atoms with Gasteiger partial charge in [-0.3, -0.25) is 9.59 Å². The molecule has 1 aromatic heterocycles. The van der Waals surface area contributed by atoms with E-state index in [-0.39, 0.29) is 23.7 Å². The molecule has 1 saturated heterocycles. The molecule has 0 radical (unpaired) electrons. The first-order valence-electron chi connectivity index (χ1n) is 9.74. The van der Waals surface area contributed by atoms with Crippen molar-refractivity contribution in [2.45, 2.75) is 32.4 Å². The molecule has 3 aromatic rings. The highest BCUT2D eigenvalue weighted by Gasteiger charge is 2.25. The number of carbonyl (C=O) groups excluding carboxylic acids is 2. The van der Waals surface area contributed by atoms with Crippen molar-refractivity contribution in [2.24, 2.45) is 0 Å². The van der Waals surface area contributed by atoms with Crippen molar-refractivity contribution in [1.29, 1.82) is 0 Å². The number of likely N-dealkylation sites (tertiary alicyclic amines) is 1. The van der Waals surface area contributed by atoms with Crippen LogP contribution in [-0.4, -0.2) is 50.8 Å². The Morgan fingerprint density at radius 3 is 2.48 bits per heavy atom. The average Bonchev–Trinajstić information content (AvgIpc) is 3.16. The van der Waals surface area contributed by atoms with Crippen molar-refractivity contribution in [3.63, 3.8) is 0 Å².